The van der Waals surface area contributed by atoms with Crippen molar-refractivity contribution in [1.82, 2.24) is 9.13 Å². The van der Waals surface area contributed by atoms with Gasteiger partial charge < -0.3 is 18.9 Å². The summed E-state index contributed by atoms with van der Waals surface area (Å²) in [6.07, 6.45) is 0. The fourth-order valence-corrected chi connectivity index (χ4v) is 16.8. The second-order valence-corrected chi connectivity index (χ2v) is 23.5. The van der Waals surface area contributed by atoms with Crippen LogP contribution in [0.2, 0.25) is 0 Å². The molecule has 14 aromatic rings. The summed E-state index contributed by atoms with van der Waals surface area (Å²) >= 11 is 0. The predicted octanol–water partition coefficient (Wildman–Crippen LogP) is 16.2. The average molecular weight is 1000 g/mol. The molecule has 0 radical (unpaired) electrons. The lowest BCUT2D eigenvalue weighted by Crippen LogP contribution is -2.74. The Morgan fingerprint density at radius 1 is 0.195 bits per heavy atom. The smallest absolute Gasteiger partial charge is 0.179 e. The number of para-hydroxylation sites is 6. The summed E-state index contributed by atoms with van der Waals surface area (Å²) in [5.41, 5.74) is 13.6. The first kappa shape index (κ1) is 45.7. The van der Waals surface area contributed by atoms with Crippen LogP contribution in [-0.4, -0.2) is 17.2 Å². The fraction of sp³-hybridized carbons (Fsp3) is 0. The number of anilines is 6. The second kappa shape index (κ2) is 19.4. The van der Waals surface area contributed by atoms with Crippen LogP contribution >= 0.6 is 0 Å². The van der Waals surface area contributed by atoms with Crippen molar-refractivity contribution in [2.45, 2.75) is 0 Å². The standard InChI is InChI=1S/C72H52N4Si/c1-5-21-53(22-6-1)73(55-37-41-59(42-38-55)75-69-33-17-13-29-65(69)66-30-14-18-34-70(66)75)57-45-49-63(50-46-57)77(61-25-9-3-10-26-61,62-27-11-4-12-28-62)64-51-47-58(48-52-64)74(54-23-7-2-8-24-54)56-39-43-60(44-40-56)76-71-35-19-15-31-67(71)68-32-16-20-36-72(68)76/h1-52H. The lowest BCUT2D eigenvalue weighted by atomic mass is 10.1. The number of aromatic nitrogens is 2. The van der Waals surface area contributed by atoms with Gasteiger partial charge in [-0.2, -0.15) is 0 Å². The monoisotopic (exact) mass is 1000 g/mol. The quantitative estimate of drug-likeness (QED) is 0.0896. The molecule has 0 aliphatic carbocycles. The lowest BCUT2D eigenvalue weighted by Gasteiger charge is -2.35. The van der Waals surface area contributed by atoms with Gasteiger partial charge in [0.15, 0.2) is 8.07 Å². The summed E-state index contributed by atoms with van der Waals surface area (Å²) in [6, 6.07) is 116. The highest BCUT2D eigenvalue weighted by Crippen LogP contribution is 2.39. The molecule has 0 spiro atoms. The number of benzene rings is 12. The second-order valence-electron chi connectivity index (χ2n) is 19.7. The van der Waals surface area contributed by atoms with Gasteiger partial charge in [-0.05, 0) is 142 Å². The molecule has 0 amide bonds. The molecule has 0 saturated heterocycles. The average Bonchev–Trinajstić information content (AvgIpc) is 4.10. The Bertz CT molecular complexity index is 3950. The minimum absolute atomic E-state index is 1.09. The van der Waals surface area contributed by atoms with Crippen LogP contribution in [0.4, 0.5) is 34.1 Å². The van der Waals surface area contributed by atoms with Crippen LogP contribution in [0.3, 0.4) is 0 Å². The summed E-state index contributed by atoms with van der Waals surface area (Å²) < 4.78 is 4.76. The van der Waals surface area contributed by atoms with E-state index in [0.29, 0.717) is 0 Å². The van der Waals surface area contributed by atoms with E-state index in [1.54, 1.807) is 0 Å². The zero-order chi connectivity index (χ0) is 51.1. The molecule has 0 bridgehead atoms. The fourth-order valence-electron chi connectivity index (χ4n) is 12.0. The van der Waals surface area contributed by atoms with Gasteiger partial charge >= 0.3 is 0 Å². The molecule has 2 aromatic heterocycles. The van der Waals surface area contributed by atoms with E-state index in [1.165, 1.54) is 64.4 Å². The van der Waals surface area contributed by atoms with Gasteiger partial charge in [0.05, 0.1) is 22.1 Å². The first-order chi connectivity index (χ1) is 38.2. The summed E-state index contributed by atoms with van der Waals surface area (Å²) in [6.45, 7) is 0. The van der Waals surface area contributed by atoms with Gasteiger partial charge in [0.25, 0.3) is 0 Å². The molecule has 0 aliphatic heterocycles. The summed E-state index contributed by atoms with van der Waals surface area (Å²) in [5.74, 6) is 0. The van der Waals surface area contributed by atoms with Crippen LogP contribution in [-0.2, 0) is 0 Å². The van der Waals surface area contributed by atoms with Gasteiger partial charge in [0.1, 0.15) is 0 Å². The summed E-state index contributed by atoms with van der Waals surface area (Å²) in [5, 5.41) is 10.3. The zero-order valence-electron chi connectivity index (χ0n) is 42.3. The molecule has 14 rings (SSSR count). The van der Waals surface area contributed by atoms with Gasteiger partial charge in [-0.15, -0.1) is 0 Å². The van der Waals surface area contributed by atoms with Crippen LogP contribution in [0.15, 0.2) is 315 Å². The number of nitrogens with zero attached hydrogens (tertiary/aromatic N) is 4. The topological polar surface area (TPSA) is 16.3 Å². The van der Waals surface area contributed by atoms with E-state index in [1.807, 2.05) is 0 Å². The Kier molecular flexibility index (Phi) is 11.5. The zero-order valence-corrected chi connectivity index (χ0v) is 43.3. The third kappa shape index (κ3) is 7.83. The number of rotatable bonds is 12. The summed E-state index contributed by atoms with van der Waals surface area (Å²) in [7, 11) is -2.94. The van der Waals surface area contributed by atoms with Crippen molar-refractivity contribution in [1.29, 1.82) is 0 Å². The van der Waals surface area contributed by atoms with Gasteiger partial charge in [-0.3, -0.25) is 0 Å². The molecule has 4 nitrogen and oxygen atoms in total. The molecule has 0 saturated carbocycles. The van der Waals surface area contributed by atoms with Crippen molar-refractivity contribution in [3.63, 3.8) is 0 Å². The van der Waals surface area contributed by atoms with Gasteiger partial charge in [0, 0.05) is 67.0 Å². The van der Waals surface area contributed by atoms with E-state index >= 15 is 0 Å². The van der Waals surface area contributed by atoms with Crippen LogP contribution in [0, 0.1) is 0 Å². The van der Waals surface area contributed by atoms with Crippen molar-refractivity contribution in [3.05, 3.63) is 315 Å². The van der Waals surface area contributed by atoms with E-state index in [9.17, 15) is 0 Å². The molecule has 0 N–H and O–H groups in total. The first-order valence-electron chi connectivity index (χ1n) is 26.4. The number of fused-ring (bicyclic) bond motifs is 6. The molecular weight excluding hydrogens is 949 g/mol. The SMILES string of the molecule is c1ccc(N(c2ccc(-n3c4ccccc4c4ccccc43)cc2)c2ccc([Si](c3ccccc3)(c3ccccc3)c3ccc(N(c4ccccc4)c4ccc(-n5c6ccccc6c6ccccc65)cc4)cc3)cc2)cc1. The maximum atomic E-state index is 2.40. The van der Waals surface area contributed by atoms with E-state index < -0.39 is 8.07 Å². The van der Waals surface area contributed by atoms with E-state index in [0.717, 1.165) is 45.5 Å². The Balaban J connectivity index is 0.864. The van der Waals surface area contributed by atoms with Crippen LogP contribution < -0.4 is 30.5 Å². The maximum Gasteiger partial charge on any atom is 0.179 e. The van der Waals surface area contributed by atoms with Gasteiger partial charge in [-0.25, -0.2) is 0 Å². The number of hydrogen-bond donors (Lipinski definition) is 0. The van der Waals surface area contributed by atoms with Gasteiger partial charge in [-0.1, -0.05) is 194 Å². The van der Waals surface area contributed by atoms with E-state index in [-0.39, 0.29) is 0 Å². The van der Waals surface area contributed by atoms with Crippen molar-refractivity contribution in [2.24, 2.45) is 0 Å². The van der Waals surface area contributed by atoms with Gasteiger partial charge in [0.2, 0.25) is 0 Å². The van der Waals surface area contributed by atoms with E-state index in [2.05, 4.69) is 334 Å². The van der Waals surface area contributed by atoms with Crippen molar-refractivity contribution < 1.29 is 0 Å². The molecule has 77 heavy (non-hydrogen) atoms. The lowest BCUT2D eigenvalue weighted by molar-refractivity contribution is 1.17. The Labute approximate surface area is 449 Å². The molecule has 0 unspecified atom stereocenters. The summed E-state index contributed by atoms with van der Waals surface area (Å²) in [4.78, 5) is 4.74. The van der Waals surface area contributed by atoms with Crippen LogP contribution in [0.1, 0.15) is 0 Å². The van der Waals surface area contributed by atoms with Crippen molar-refractivity contribution in [2.75, 3.05) is 9.80 Å². The first-order valence-corrected chi connectivity index (χ1v) is 28.4. The highest BCUT2D eigenvalue weighted by Gasteiger charge is 2.41. The highest BCUT2D eigenvalue weighted by atomic mass is 28.3. The Morgan fingerprint density at radius 3 is 0.714 bits per heavy atom. The highest BCUT2D eigenvalue weighted by molar-refractivity contribution is 7.19. The molecule has 2 heterocycles. The Morgan fingerprint density at radius 2 is 0.416 bits per heavy atom. The molecule has 5 heteroatoms. The predicted molar refractivity (Wildman–Crippen MR) is 328 cm³/mol. The van der Waals surface area contributed by atoms with E-state index in [4.69, 9.17) is 0 Å². The molecule has 0 fully saturated rings. The Hall–Kier alpha value is -9.94. The maximum absolute atomic E-state index is 2.94. The van der Waals surface area contributed by atoms with Crippen molar-refractivity contribution in [3.8, 4) is 11.4 Å². The molecule has 364 valence electrons. The largest absolute Gasteiger partial charge is 0.311 e. The molecule has 0 atom stereocenters. The molecule has 0 aliphatic rings. The third-order valence-corrected chi connectivity index (χ3v) is 20.2. The van der Waals surface area contributed by atoms with Crippen LogP contribution in [0.5, 0.6) is 0 Å². The third-order valence-electron chi connectivity index (χ3n) is 15.5. The number of hydrogen-bond acceptors (Lipinski definition) is 2. The van der Waals surface area contributed by atoms with Crippen molar-refractivity contribution >= 4 is 107 Å². The van der Waals surface area contributed by atoms with Crippen LogP contribution in [0.25, 0.3) is 55.0 Å². The molecular formula is C72H52N4Si. The minimum Gasteiger partial charge on any atom is -0.311 e. The normalized spacial score (nSPS) is 11.6. The molecule has 12 aromatic carbocycles. The minimum atomic E-state index is -2.94.